The normalized spacial score (nSPS) is 16.8. The summed E-state index contributed by atoms with van der Waals surface area (Å²) in [6.07, 6.45) is 1.00. The average molecular weight is 563 g/mol. The number of nitrogens with one attached hydrogen (secondary N) is 2. The van der Waals surface area contributed by atoms with E-state index in [-0.39, 0.29) is 18.4 Å². The topological polar surface area (TPSA) is 111 Å². The van der Waals surface area contributed by atoms with Gasteiger partial charge in [0.15, 0.2) is 6.61 Å². The maximum Gasteiger partial charge on any atom is 0.260 e. The number of fused-ring (bicyclic) bond motifs is 1. The second-order valence-electron chi connectivity index (χ2n) is 9.75. The molecule has 210 valence electrons. The molecule has 10 nitrogen and oxygen atoms in total. The van der Waals surface area contributed by atoms with Crippen molar-refractivity contribution < 1.29 is 19.1 Å². The molecule has 2 aliphatic heterocycles. The number of rotatable bonds is 9. The number of hydrogen-bond acceptors (Lipinski definition) is 8. The van der Waals surface area contributed by atoms with E-state index >= 15 is 0 Å². The minimum atomic E-state index is -0.505. The molecule has 1 saturated heterocycles. The summed E-state index contributed by atoms with van der Waals surface area (Å²) in [5, 5.41) is 11.7. The fraction of sp³-hybridized carbons (Fsp3) is 0.379. The van der Waals surface area contributed by atoms with Crippen LogP contribution in [0.3, 0.4) is 0 Å². The summed E-state index contributed by atoms with van der Waals surface area (Å²) in [5.41, 5.74) is 3.93. The summed E-state index contributed by atoms with van der Waals surface area (Å²) in [7, 11) is 0. The van der Waals surface area contributed by atoms with Gasteiger partial charge in [0.2, 0.25) is 11.1 Å². The van der Waals surface area contributed by atoms with E-state index in [9.17, 15) is 9.59 Å². The molecule has 0 spiro atoms. The van der Waals surface area contributed by atoms with Crippen molar-refractivity contribution >= 4 is 35.2 Å². The van der Waals surface area contributed by atoms with E-state index in [1.54, 1.807) is 21.3 Å². The monoisotopic (exact) mass is 562 g/mol. The molecular formula is C29H34N6O4S. The molecular weight excluding hydrogens is 528 g/mol. The maximum absolute atomic E-state index is 13.7. The molecule has 0 radical (unpaired) electrons. The summed E-state index contributed by atoms with van der Waals surface area (Å²) in [4.78, 5) is 32.6. The first-order valence-corrected chi connectivity index (χ1v) is 14.4. The Morgan fingerprint density at radius 2 is 1.82 bits per heavy atom. The van der Waals surface area contributed by atoms with Gasteiger partial charge in [0.05, 0.1) is 18.8 Å². The molecule has 1 atom stereocenters. The number of anilines is 2. The predicted molar refractivity (Wildman–Crippen MR) is 155 cm³/mol. The van der Waals surface area contributed by atoms with Crippen LogP contribution in [0.25, 0.3) is 0 Å². The van der Waals surface area contributed by atoms with Crippen LogP contribution in [-0.2, 0) is 14.3 Å². The molecule has 0 saturated carbocycles. The number of carbonyl (C=O) groups is 2. The van der Waals surface area contributed by atoms with Crippen LogP contribution >= 0.6 is 11.8 Å². The summed E-state index contributed by atoms with van der Waals surface area (Å²) in [6, 6.07) is 14.6. The number of ether oxygens (including phenoxy) is 2. The van der Waals surface area contributed by atoms with Gasteiger partial charge >= 0.3 is 0 Å². The fourth-order valence-electron chi connectivity index (χ4n) is 4.62. The smallest absolute Gasteiger partial charge is 0.260 e. The molecule has 0 aliphatic carbocycles. The van der Waals surface area contributed by atoms with Crippen LogP contribution in [-0.4, -0.2) is 70.1 Å². The van der Waals surface area contributed by atoms with Crippen molar-refractivity contribution in [2.24, 2.45) is 0 Å². The molecule has 2 aliphatic rings. The van der Waals surface area contributed by atoms with Gasteiger partial charge in [-0.3, -0.25) is 9.59 Å². The molecule has 11 heteroatoms. The lowest BCUT2D eigenvalue weighted by Gasteiger charge is -2.29. The lowest BCUT2D eigenvalue weighted by atomic mass is 9.95. The van der Waals surface area contributed by atoms with Crippen molar-refractivity contribution in [3.05, 3.63) is 70.9 Å². The molecule has 1 fully saturated rings. The third kappa shape index (κ3) is 6.31. The van der Waals surface area contributed by atoms with Crippen molar-refractivity contribution in [3.63, 3.8) is 0 Å². The number of allylic oxidation sites excluding steroid dienone is 1. The van der Waals surface area contributed by atoms with Gasteiger partial charge in [-0.25, -0.2) is 4.68 Å². The quantitative estimate of drug-likeness (QED) is 0.373. The largest absolute Gasteiger partial charge is 0.484 e. The molecule has 3 heterocycles. The highest BCUT2D eigenvalue weighted by Crippen LogP contribution is 2.37. The van der Waals surface area contributed by atoms with E-state index < -0.39 is 6.04 Å². The van der Waals surface area contributed by atoms with Crippen LogP contribution in [0, 0.1) is 6.92 Å². The Labute approximate surface area is 238 Å². The molecule has 2 N–H and O–H groups in total. The third-order valence-electron chi connectivity index (χ3n) is 6.74. The number of aryl methyl sites for hydroxylation is 1. The standard InChI is InChI=1S/C29H34N6O4S/c1-4-17-40-29-32-28-30-20(3)25(27(37)31-22-9-5-19(2)6-10-22)26(35(28)33-29)21-7-11-23(12-8-21)39-18-24(36)34-13-15-38-16-14-34/h5-12,26H,4,13-18H2,1-3H3,(H,31,37)(H,30,32,33). The van der Waals surface area contributed by atoms with Crippen LogP contribution in [0.4, 0.5) is 11.6 Å². The molecule has 1 aromatic heterocycles. The number of amides is 2. The summed E-state index contributed by atoms with van der Waals surface area (Å²) >= 11 is 1.58. The van der Waals surface area contributed by atoms with Crippen LogP contribution in [0.2, 0.25) is 0 Å². The Hall–Kier alpha value is -3.83. The van der Waals surface area contributed by atoms with Gasteiger partial charge < -0.3 is 25.0 Å². The predicted octanol–water partition coefficient (Wildman–Crippen LogP) is 4.25. The Kier molecular flexibility index (Phi) is 8.71. The van der Waals surface area contributed by atoms with Crippen molar-refractivity contribution in [2.45, 2.75) is 38.4 Å². The van der Waals surface area contributed by atoms with Crippen LogP contribution in [0.1, 0.15) is 37.4 Å². The second kappa shape index (κ2) is 12.6. The highest BCUT2D eigenvalue weighted by atomic mass is 32.2. The SMILES string of the molecule is CCCSc1nc2n(n1)C(c1ccc(OCC(=O)N3CCOCC3)cc1)C(C(=O)Nc1ccc(C)cc1)=C(C)N2. The van der Waals surface area contributed by atoms with Crippen molar-refractivity contribution in [1.82, 2.24) is 19.7 Å². The summed E-state index contributed by atoms with van der Waals surface area (Å²) in [5.74, 6) is 1.77. The highest BCUT2D eigenvalue weighted by Gasteiger charge is 2.34. The lowest BCUT2D eigenvalue weighted by molar-refractivity contribution is -0.137. The highest BCUT2D eigenvalue weighted by molar-refractivity contribution is 7.99. The van der Waals surface area contributed by atoms with E-state index in [1.807, 2.05) is 62.4 Å². The first-order chi connectivity index (χ1) is 19.4. The molecule has 2 amide bonds. The summed E-state index contributed by atoms with van der Waals surface area (Å²) in [6.45, 7) is 8.21. The number of aromatic nitrogens is 3. The van der Waals surface area contributed by atoms with Gasteiger partial charge in [-0.05, 0) is 50.1 Å². The van der Waals surface area contributed by atoms with Gasteiger partial charge in [0.25, 0.3) is 11.8 Å². The number of thioether (sulfide) groups is 1. The number of nitrogens with zero attached hydrogens (tertiary/aromatic N) is 4. The maximum atomic E-state index is 13.7. The van der Waals surface area contributed by atoms with E-state index in [4.69, 9.17) is 14.6 Å². The second-order valence-corrected chi connectivity index (χ2v) is 10.8. The van der Waals surface area contributed by atoms with Gasteiger partial charge in [-0.15, -0.1) is 5.10 Å². The molecule has 40 heavy (non-hydrogen) atoms. The first-order valence-electron chi connectivity index (χ1n) is 13.5. The van der Waals surface area contributed by atoms with E-state index in [2.05, 4.69) is 22.5 Å². The molecule has 5 rings (SSSR count). The van der Waals surface area contributed by atoms with Gasteiger partial charge in [0.1, 0.15) is 11.8 Å². The zero-order valence-corrected chi connectivity index (χ0v) is 23.8. The van der Waals surface area contributed by atoms with E-state index in [0.29, 0.717) is 60.1 Å². The molecule has 0 bridgehead atoms. The van der Waals surface area contributed by atoms with Crippen LogP contribution < -0.4 is 15.4 Å². The number of carbonyl (C=O) groups excluding carboxylic acids is 2. The summed E-state index contributed by atoms with van der Waals surface area (Å²) < 4.78 is 12.9. The molecule has 2 aromatic carbocycles. The van der Waals surface area contributed by atoms with Crippen molar-refractivity contribution in [1.29, 1.82) is 0 Å². The zero-order chi connectivity index (χ0) is 28.1. The van der Waals surface area contributed by atoms with E-state index in [1.165, 1.54) is 0 Å². The number of benzene rings is 2. The van der Waals surface area contributed by atoms with Crippen molar-refractivity contribution in [2.75, 3.05) is 49.3 Å². The van der Waals surface area contributed by atoms with Gasteiger partial charge in [-0.2, -0.15) is 4.98 Å². The zero-order valence-electron chi connectivity index (χ0n) is 23.0. The van der Waals surface area contributed by atoms with Crippen LogP contribution in [0.15, 0.2) is 65.0 Å². The molecule has 1 unspecified atom stereocenters. The van der Waals surface area contributed by atoms with Crippen molar-refractivity contribution in [3.8, 4) is 5.75 Å². The Balaban J connectivity index is 1.40. The van der Waals surface area contributed by atoms with E-state index in [0.717, 1.165) is 23.3 Å². The lowest BCUT2D eigenvalue weighted by Crippen LogP contribution is -2.42. The average Bonchev–Trinajstić information content (AvgIpc) is 3.38. The van der Waals surface area contributed by atoms with Gasteiger partial charge in [-0.1, -0.05) is 48.5 Å². The number of hydrogen-bond donors (Lipinski definition) is 2. The van der Waals surface area contributed by atoms with Crippen LogP contribution in [0.5, 0.6) is 5.75 Å². The van der Waals surface area contributed by atoms with Gasteiger partial charge in [0, 0.05) is 30.2 Å². The third-order valence-corrected chi connectivity index (χ3v) is 7.79. The molecule has 3 aromatic rings. The Morgan fingerprint density at radius 3 is 2.52 bits per heavy atom. The minimum absolute atomic E-state index is 0.0405. The Bertz CT molecular complexity index is 1380. The number of morpholine rings is 1. The first kappa shape index (κ1) is 27.7. The Morgan fingerprint density at radius 1 is 1.10 bits per heavy atom. The fourth-order valence-corrected chi connectivity index (χ4v) is 5.30. The minimum Gasteiger partial charge on any atom is -0.484 e.